The smallest absolute Gasteiger partial charge is 0.243 e. The van der Waals surface area contributed by atoms with Crippen LogP contribution in [0.25, 0.3) is 11.4 Å². The van der Waals surface area contributed by atoms with Crippen LogP contribution in [0.2, 0.25) is 0 Å². The lowest BCUT2D eigenvalue weighted by molar-refractivity contribution is 0.392. The number of aryl methyl sites for hydroxylation is 2. The van der Waals surface area contributed by atoms with E-state index in [2.05, 4.69) is 20.3 Å². The molecule has 0 amide bonds. The first-order valence-corrected chi connectivity index (χ1v) is 8.35. The van der Waals surface area contributed by atoms with E-state index in [1.165, 1.54) is 18.2 Å². The SMILES string of the molecule is Cc1noc(C)c1CS(=O)(=O)c1nc(-c2ccccc2F)n[nH]1. The highest BCUT2D eigenvalue weighted by Gasteiger charge is 2.25. The minimum absolute atomic E-state index is 0.0135. The van der Waals surface area contributed by atoms with Gasteiger partial charge in [0.25, 0.3) is 0 Å². The molecule has 0 aliphatic heterocycles. The lowest BCUT2D eigenvalue weighted by Crippen LogP contribution is -2.08. The number of hydrogen-bond acceptors (Lipinski definition) is 6. The van der Waals surface area contributed by atoms with E-state index < -0.39 is 15.7 Å². The van der Waals surface area contributed by atoms with Gasteiger partial charge in [0.2, 0.25) is 15.0 Å². The summed E-state index contributed by atoms with van der Waals surface area (Å²) >= 11 is 0. The third-order valence-electron chi connectivity index (χ3n) is 3.39. The maximum atomic E-state index is 13.7. The molecule has 3 rings (SSSR count). The number of benzene rings is 1. The van der Waals surface area contributed by atoms with Gasteiger partial charge in [-0.3, -0.25) is 0 Å². The number of sulfone groups is 1. The summed E-state index contributed by atoms with van der Waals surface area (Å²) < 4.78 is 43.6. The van der Waals surface area contributed by atoms with Crippen molar-refractivity contribution in [2.24, 2.45) is 0 Å². The highest BCUT2D eigenvalue weighted by molar-refractivity contribution is 7.90. The van der Waals surface area contributed by atoms with Crippen molar-refractivity contribution in [1.29, 1.82) is 0 Å². The Hall–Kier alpha value is -2.55. The molecule has 0 aliphatic rings. The van der Waals surface area contributed by atoms with E-state index in [4.69, 9.17) is 4.52 Å². The molecule has 0 aliphatic carbocycles. The van der Waals surface area contributed by atoms with Gasteiger partial charge in [0.1, 0.15) is 11.6 Å². The zero-order chi connectivity index (χ0) is 16.6. The van der Waals surface area contributed by atoms with Crippen molar-refractivity contribution in [3.63, 3.8) is 0 Å². The van der Waals surface area contributed by atoms with Crippen LogP contribution in [-0.4, -0.2) is 28.8 Å². The number of halogens is 1. The van der Waals surface area contributed by atoms with E-state index in [1.807, 2.05) is 0 Å². The Kier molecular flexibility index (Phi) is 3.72. The molecule has 2 heterocycles. The monoisotopic (exact) mass is 336 g/mol. The molecule has 0 spiro atoms. The Morgan fingerprint density at radius 2 is 2.00 bits per heavy atom. The Bertz CT molecular complexity index is 943. The van der Waals surface area contributed by atoms with Crippen LogP contribution in [0.3, 0.4) is 0 Å². The van der Waals surface area contributed by atoms with Gasteiger partial charge in [-0.2, -0.15) is 10.1 Å². The lowest BCUT2D eigenvalue weighted by atomic mass is 10.2. The van der Waals surface area contributed by atoms with Gasteiger partial charge < -0.3 is 4.52 Å². The van der Waals surface area contributed by atoms with Crippen LogP contribution in [0.15, 0.2) is 33.9 Å². The molecule has 0 saturated carbocycles. The Morgan fingerprint density at radius 1 is 1.26 bits per heavy atom. The van der Waals surface area contributed by atoms with Crippen molar-refractivity contribution >= 4 is 9.84 Å². The molecule has 0 fully saturated rings. The van der Waals surface area contributed by atoms with Gasteiger partial charge >= 0.3 is 0 Å². The zero-order valence-electron chi connectivity index (χ0n) is 12.4. The largest absolute Gasteiger partial charge is 0.361 e. The zero-order valence-corrected chi connectivity index (χ0v) is 13.2. The fraction of sp³-hybridized carbons (Fsp3) is 0.214. The average Bonchev–Trinajstić information content (AvgIpc) is 3.11. The van der Waals surface area contributed by atoms with Crippen molar-refractivity contribution < 1.29 is 17.3 Å². The summed E-state index contributed by atoms with van der Waals surface area (Å²) in [6.45, 7) is 3.29. The standard InChI is InChI=1S/C14H13FN4O3S/c1-8-11(9(2)22-19-8)7-23(20,21)14-16-13(17-18-14)10-5-3-4-6-12(10)15/h3-6H,7H2,1-2H3,(H,16,17,18). The van der Waals surface area contributed by atoms with Gasteiger partial charge in [-0.1, -0.05) is 17.3 Å². The quantitative estimate of drug-likeness (QED) is 0.783. The Morgan fingerprint density at radius 3 is 2.65 bits per heavy atom. The van der Waals surface area contributed by atoms with Gasteiger partial charge in [0, 0.05) is 5.56 Å². The maximum Gasteiger partial charge on any atom is 0.243 e. The molecule has 0 radical (unpaired) electrons. The van der Waals surface area contributed by atoms with Crippen LogP contribution in [0.4, 0.5) is 4.39 Å². The van der Waals surface area contributed by atoms with Crippen LogP contribution < -0.4 is 0 Å². The fourth-order valence-electron chi connectivity index (χ4n) is 2.12. The van der Waals surface area contributed by atoms with E-state index in [-0.39, 0.29) is 22.3 Å². The van der Waals surface area contributed by atoms with Gasteiger partial charge in [0.15, 0.2) is 5.82 Å². The molecule has 3 aromatic rings. The summed E-state index contributed by atoms with van der Waals surface area (Å²) in [6.07, 6.45) is 0. The molecule has 0 saturated heterocycles. The van der Waals surface area contributed by atoms with Crippen LogP contribution in [0.5, 0.6) is 0 Å². The number of nitrogens with zero attached hydrogens (tertiary/aromatic N) is 3. The van der Waals surface area contributed by atoms with E-state index in [0.29, 0.717) is 17.0 Å². The number of rotatable bonds is 4. The molecule has 0 unspecified atom stereocenters. The first-order valence-electron chi connectivity index (χ1n) is 6.70. The Labute approximate surface area is 131 Å². The number of nitrogens with one attached hydrogen (secondary N) is 1. The average molecular weight is 336 g/mol. The number of aromatic nitrogens is 4. The summed E-state index contributed by atoms with van der Waals surface area (Å²) in [5.41, 5.74) is 1.11. The molecule has 23 heavy (non-hydrogen) atoms. The third-order valence-corrected chi connectivity index (χ3v) is 4.83. The van der Waals surface area contributed by atoms with Crippen molar-refractivity contribution in [2.75, 3.05) is 0 Å². The first kappa shape index (κ1) is 15.3. The third kappa shape index (κ3) is 2.87. The summed E-state index contributed by atoms with van der Waals surface area (Å²) in [6, 6.07) is 5.88. The molecule has 9 heteroatoms. The molecule has 7 nitrogen and oxygen atoms in total. The van der Waals surface area contributed by atoms with Crippen molar-refractivity contribution in [2.45, 2.75) is 24.8 Å². The van der Waals surface area contributed by atoms with Crippen LogP contribution in [0, 0.1) is 19.7 Å². The molecule has 1 aromatic carbocycles. The van der Waals surface area contributed by atoms with E-state index in [1.54, 1.807) is 19.9 Å². The minimum Gasteiger partial charge on any atom is -0.361 e. The van der Waals surface area contributed by atoms with Gasteiger partial charge in [-0.15, -0.1) is 0 Å². The van der Waals surface area contributed by atoms with Crippen molar-refractivity contribution in [1.82, 2.24) is 20.3 Å². The second-order valence-corrected chi connectivity index (χ2v) is 6.91. The molecular weight excluding hydrogens is 323 g/mol. The Balaban J connectivity index is 1.95. The van der Waals surface area contributed by atoms with Gasteiger partial charge in [-0.25, -0.2) is 17.9 Å². The summed E-state index contributed by atoms with van der Waals surface area (Å²) in [5.74, 6) is -0.429. The normalized spacial score (nSPS) is 11.8. The van der Waals surface area contributed by atoms with E-state index in [0.717, 1.165) is 0 Å². The predicted molar refractivity (Wildman–Crippen MR) is 78.6 cm³/mol. The maximum absolute atomic E-state index is 13.7. The molecule has 0 atom stereocenters. The van der Waals surface area contributed by atoms with E-state index >= 15 is 0 Å². The molecule has 2 aromatic heterocycles. The molecule has 120 valence electrons. The fourth-order valence-corrected chi connectivity index (χ4v) is 3.45. The second kappa shape index (κ2) is 5.58. The molecule has 1 N–H and O–H groups in total. The predicted octanol–water partition coefficient (Wildman–Crippen LogP) is 2.19. The van der Waals surface area contributed by atoms with Crippen molar-refractivity contribution in [3.05, 3.63) is 47.1 Å². The lowest BCUT2D eigenvalue weighted by Gasteiger charge is -2.00. The van der Waals surface area contributed by atoms with Crippen LogP contribution in [0.1, 0.15) is 17.0 Å². The first-order chi connectivity index (χ1) is 10.9. The highest BCUT2D eigenvalue weighted by Crippen LogP contribution is 2.22. The second-order valence-electron chi connectivity index (χ2n) is 5.01. The molecule has 0 bridgehead atoms. The van der Waals surface area contributed by atoms with Crippen LogP contribution in [-0.2, 0) is 15.6 Å². The number of hydrogen-bond donors (Lipinski definition) is 1. The number of H-pyrrole nitrogens is 1. The topological polar surface area (TPSA) is 102 Å². The number of aromatic amines is 1. The van der Waals surface area contributed by atoms with Crippen LogP contribution >= 0.6 is 0 Å². The minimum atomic E-state index is -3.78. The summed E-state index contributed by atoms with van der Waals surface area (Å²) in [4.78, 5) is 3.91. The van der Waals surface area contributed by atoms with Gasteiger partial charge in [0.05, 0.1) is 17.0 Å². The summed E-state index contributed by atoms with van der Waals surface area (Å²) in [5, 5.41) is 9.55. The highest BCUT2D eigenvalue weighted by atomic mass is 32.2. The molecular formula is C14H13FN4O3S. The van der Waals surface area contributed by atoms with Crippen molar-refractivity contribution in [3.8, 4) is 11.4 Å². The summed E-state index contributed by atoms with van der Waals surface area (Å²) in [7, 11) is -3.78. The van der Waals surface area contributed by atoms with E-state index in [9.17, 15) is 12.8 Å². The van der Waals surface area contributed by atoms with Gasteiger partial charge in [-0.05, 0) is 26.0 Å².